The number of rotatable bonds is 7. The van der Waals surface area contributed by atoms with E-state index in [1.807, 2.05) is 30.3 Å². The van der Waals surface area contributed by atoms with E-state index in [0.29, 0.717) is 5.76 Å². The van der Waals surface area contributed by atoms with Crippen LogP contribution in [0.15, 0.2) is 82.3 Å². The quantitative estimate of drug-likeness (QED) is 0.659. The van der Waals surface area contributed by atoms with Crippen LogP contribution in [-0.4, -0.2) is 32.2 Å². The number of furan rings is 1. The summed E-state index contributed by atoms with van der Waals surface area (Å²) in [6.07, 6.45) is 1.50. The summed E-state index contributed by atoms with van der Waals surface area (Å²) < 4.78 is 44.5. The lowest BCUT2D eigenvalue weighted by Gasteiger charge is -2.20. The van der Waals surface area contributed by atoms with Crippen molar-refractivity contribution < 1.29 is 22.0 Å². The Hall–Kier alpha value is -2.97. The van der Waals surface area contributed by atoms with E-state index in [1.165, 1.54) is 13.3 Å². The molecule has 0 radical (unpaired) electrons. The molecule has 1 aromatic heterocycles. The van der Waals surface area contributed by atoms with E-state index >= 15 is 0 Å². The number of benzene rings is 2. The minimum atomic E-state index is -3.92. The standard InChI is InChI=1S/C20H19FN2O4S/c1-23(28(25,26)17-11-9-16(21)10-12-17)14-19(24)22-20(18-8-5-13-27-18)15-6-3-2-4-7-15/h2-13,20H,14H2,1H3,(H,22,24). The Bertz CT molecular complexity index is 1020. The zero-order chi connectivity index (χ0) is 20.1. The van der Waals surface area contributed by atoms with Crippen LogP contribution in [0.3, 0.4) is 0 Å². The molecule has 3 rings (SSSR count). The molecule has 0 spiro atoms. The van der Waals surface area contributed by atoms with Crippen molar-refractivity contribution in [1.82, 2.24) is 9.62 Å². The zero-order valence-electron chi connectivity index (χ0n) is 15.1. The highest BCUT2D eigenvalue weighted by molar-refractivity contribution is 7.89. The Kier molecular flexibility index (Phi) is 5.91. The first-order valence-electron chi connectivity index (χ1n) is 8.47. The molecule has 1 N–H and O–H groups in total. The predicted molar refractivity (Wildman–Crippen MR) is 101 cm³/mol. The molecule has 3 aromatic rings. The van der Waals surface area contributed by atoms with Gasteiger partial charge in [-0.1, -0.05) is 30.3 Å². The van der Waals surface area contributed by atoms with E-state index < -0.39 is 34.3 Å². The molecule has 1 heterocycles. The van der Waals surface area contributed by atoms with Gasteiger partial charge < -0.3 is 9.73 Å². The van der Waals surface area contributed by atoms with Crippen molar-refractivity contribution in [3.8, 4) is 0 Å². The first-order valence-corrected chi connectivity index (χ1v) is 9.91. The van der Waals surface area contributed by atoms with Crippen LogP contribution < -0.4 is 5.32 Å². The van der Waals surface area contributed by atoms with Gasteiger partial charge in [-0.05, 0) is 42.0 Å². The summed E-state index contributed by atoms with van der Waals surface area (Å²) in [5, 5.41) is 2.80. The molecule has 8 heteroatoms. The highest BCUT2D eigenvalue weighted by Crippen LogP contribution is 2.22. The third-order valence-electron chi connectivity index (χ3n) is 4.15. The van der Waals surface area contributed by atoms with Crippen molar-refractivity contribution in [3.63, 3.8) is 0 Å². The molecule has 0 saturated carbocycles. The lowest BCUT2D eigenvalue weighted by Crippen LogP contribution is -2.40. The molecule has 0 bridgehead atoms. The monoisotopic (exact) mass is 402 g/mol. The average molecular weight is 402 g/mol. The molecule has 28 heavy (non-hydrogen) atoms. The van der Waals surface area contributed by atoms with E-state index in [4.69, 9.17) is 4.42 Å². The lowest BCUT2D eigenvalue weighted by atomic mass is 10.0. The summed E-state index contributed by atoms with van der Waals surface area (Å²) in [5.41, 5.74) is 0.801. The second kappa shape index (κ2) is 8.37. The molecular weight excluding hydrogens is 383 g/mol. The van der Waals surface area contributed by atoms with Crippen LogP contribution in [0.25, 0.3) is 0 Å². The van der Waals surface area contributed by atoms with Gasteiger partial charge in [-0.3, -0.25) is 4.79 Å². The number of carbonyl (C=O) groups is 1. The third-order valence-corrected chi connectivity index (χ3v) is 5.97. The summed E-state index contributed by atoms with van der Waals surface area (Å²) in [4.78, 5) is 12.5. The van der Waals surface area contributed by atoms with Gasteiger partial charge in [0.1, 0.15) is 17.6 Å². The van der Waals surface area contributed by atoms with Crippen molar-refractivity contribution in [3.05, 3.63) is 90.1 Å². The first-order chi connectivity index (χ1) is 13.4. The molecule has 6 nitrogen and oxygen atoms in total. The molecule has 0 fully saturated rings. The summed E-state index contributed by atoms with van der Waals surface area (Å²) in [6.45, 7) is -0.399. The minimum Gasteiger partial charge on any atom is -0.467 e. The van der Waals surface area contributed by atoms with E-state index in [-0.39, 0.29) is 4.90 Å². The molecule has 0 aliphatic rings. The van der Waals surface area contributed by atoms with Gasteiger partial charge in [0.2, 0.25) is 15.9 Å². The highest BCUT2D eigenvalue weighted by atomic mass is 32.2. The SMILES string of the molecule is CN(CC(=O)NC(c1ccccc1)c1ccco1)S(=O)(=O)c1ccc(F)cc1. The molecule has 146 valence electrons. The van der Waals surface area contributed by atoms with Gasteiger partial charge in [0.15, 0.2) is 0 Å². The van der Waals surface area contributed by atoms with Crippen molar-refractivity contribution >= 4 is 15.9 Å². The Morgan fingerprint density at radius 2 is 1.75 bits per heavy atom. The lowest BCUT2D eigenvalue weighted by molar-refractivity contribution is -0.121. The maximum atomic E-state index is 13.0. The Morgan fingerprint density at radius 3 is 2.36 bits per heavy atom. The van der Waals surface area contributed by atoms with Gasteiger partial charge in [0.05, 0.1) is 17.7 Å². The Balaban J connectivity index is 1.75. The van der Waals surface area contributed by atoms with Crippen LogP contribution in [0.2, 0.25) is 0 Å². The van der Waals surface area contributed by atoms with E-state index in [2.05, 4.69) is 5.32 Å². The first kappa shape index (κ1) is 19.8. The second-order valence-electron chi connectivity index (χ2n) is 6.14. The summed E-state index contributed by atoms with van der Waals surface area (Å²) in [7, 11) is -2.63. The zero-order valence-corrected chi connectivity index (χ0v) is 15.9. The number of nitrogens with one attached hydrogen (secondary N) is 1. The average Bonchev–Trinajstić information content (AvgIpc) is 3.21. The molecule has 1 atom stereocenters. The third kappa shape index (κ3) is 4.47. The largest absolute Gasteiger partial charge is 0.467 e. The van der Waals surface area contributed by atoms with Gasteiger partial charge in [-0.15, -0.1) is 0 Å². The van der Waals surface area contributed by atoms with Crippen molar-refractivity contribution in [2.45, 2.75) is 10.9 Å². The highest BCUT2D eigenvalue weighted by Gasteiger charge is 2.25. The van der Waals surface area contributed by atoms with Gasteiger partial charge >= 0.3 is 0 Å². The van der Waals surface area contributed by atoms with Crippen LogP contribution in [0, 0.1) is 5.82 Å². The molecule has 0 aliphatic carbocycles. The normalized spacial score (nSPS) is 12.7. The molecule has 2 aromatic carbocycles. The molecule has 0 aliphatic heterocycles. The van der Waals surface area contributed by atoms with E-state index in [9.17, 15) is 17.6 Å². The number of carbonyl (C=O) groups excluding carboxylic acids is 1. The van der Waals surface area contributed by atoms with Crippen molar-refractivity contribution in [2.24, 2.45) is 0 Å². The summed E-state index contributed by atoms with van der Waals surface area (Å²) in [6, 6.07) is 16.5. The number of nitrogens with zero attached hydrogens (tertiary/aromatic N) is 1. The van der Waals surface area contributed by atoms with Crippen molar-refractivity contribution in [2.75, 3.05) is 13.6 Å². The van der Waals surface area contributed by atoms with Crippen LogP contribution in [0.5, 0.6) is 0 Å². The topological polar surface area (TPSA) is 79.6 Å². The fourth-order valence-corrected chi connectivity index (χ4v) is 3.83. The number of hydrogen-bond donors (Lipinski definition) is 1. The molecular formula is C20H19FN2O4S. The fourth-order valence-electron chi connectivity index (χ4n) is 2.70. The number of amides is 1. The van der Waals surface area contributed by atoms with Crippen LogP contribution >= 0.6 is 0 Å². The van der Waals surface area contributed by atoms with Crippen LogP contribution in [-0.2, 0) is 14.8 Å². The number of halogens is 1. The molecule has 0 saturated heterocycles. The number of likely N-dealkylation sites (N-methyl/N-ethyl adjacent to an activating group) is 1. The summed E-state index contributed by atoms with van der Waals surface area (Å²) in [5.74, 6) is -0.509. The Morgan fingerprint density at radius 1 is 1.07 bits per heavy atom. The van der Waals surface area contributed by atoms with Crippen LogP contribution in [0.1, 0.15) is 17.4 Å². The molecule has 1 amide bonds. The Labute approximate surface area is 162 Å². The minimum absolute atomic E-state index is 0.0881. The van der Waals surface area contributed by atoms with Crippen LogP contribution in [0.4, 0.5) is 4.39 Å². The van der Waals surface area contributed by atoms with Gasteiger partial charge in [0.25, 0.3) is 0 Å². The van der Waals surface area contributed by atoms with Gasteiger partial charge in [0, 0.05) is 7.05 Å². The molecule has 1 unspecified atom stereocenters. The maximum absolute atomic E-state index is 13.0. The number of hydrogen-bond acceptors (Lipinski definition) is 4. The summed E-state index contributed by atoms with van der Waals surface area (Å²) >= 11 is 0. The fraction of sp³-hybridized carbons (Fsp3) is 0.150. The predicted octanol–water partition coefficient (Wildman–Crippen LogP) is 2.95. The maximum Gasteiger partial charge on any atom is 0.243 e. The second-order valence-corrected chi connectivity index (χ2v) is 8.19. The smallest absolute Gasteiger partial charge is 0.243 e. The van der Waals surface area contributed by atoms with E-state index in [0.717, 1.165) is 34.1 Å². The van der Waals surface area contributed by atoms with Gasteiger partial charge in [-0.25, -0.2) is 12.8 Å². The van der Waals surface area contributed by atoms with Gasteiger partial charge in [-0.2, -0.15) is 4.31 Å². The van der Waals surface area contributed by atoms with Crippen molar-refractivity contribution in [1.29, 1.82) is 0 Å². The number of sulfonamides is 1. The van der Waals surface area contributed by atoms with E-state index in [1.54, 1.807) is 12.1 Å².